The number of rotatable bonds is 4. The number of thioether (sulfide) groups is 1. The fraction of sp³-hybridized carbons (Fsp3) is 0.353. The SMILES string of the molecule is Cn1c(SCc2csc(C(C)(C)C)n2)nnc1-c1ccccc1Cl. The standard InChI is InChI=1S/C17H19ClN4S2/c1-17(2,3)15-19-11(9-23-15)10-24-16-21-20-14(22(16)4)12-7-5-6-8-13(12)18/h5-9H,10H2,1-4H3. The highest BCUT2D eigenvalue weighted by atomic mass is 35.5. The normalized spacial score (nSPS) is 11.9. The Labute approximate surface area is 155 Å². The molecule has 7 heteroatoms. The molecule has 3 aromatic rings. The first-order chi connectivity index (χ1) is 11.4. The summed E-state index contributed by atoms with van der Waals surface area (Å²) in [6.45, 7) is 6.55. The summed E-state index contributed by atoms with van der Waals surface area (Å²) < 4.78 is 1.98. The molecule has 0 bridgehead atoms. The minimum atomic E-state index is 0.0928. The van der Waals surface area contributed by atoms with Gasteiger partial charge in [-0.1, -0.05) is 56.3 Å². The first-order valence-electron chi connectivity index (χ1n) is 7.58. The molecule has 1 aromatic carbocycles. The minimum absolute atomic E-state index is 0.0928. The van der Waals surface area contributed by atoms with Crippen molar-refractivity contribution in [2.24, 2.45) is 7.05 Å². The lowest BCUT2D eigenvalue weighted by Crippen LogP contribution is -2.10. The van der Waals surface area contributed by atoms with E-state index in [1.807, 2.05) is 35.9 Å². The molecule has 0 saturated heterocycles. The number of halogens is 1. The van der Waals surface area contributed by atoms with Crippen molar-refractivity contribution in [3.05, 3.63) is 45.4 Å². The van der Waals surface area contributed by atoms with Crippen LogP contribution in [0.1, 0.15) is 31.5 Å². The summed E-state index contributed by atoms with van der Waals surface area (Å²) in [7, 11) is 1.96. The molecular formula is C17H19ClN4S2. The molecule has 2 heterocycles. The molecule has 2 aromatic heterocycles. The van der Waals surface area contributed by atoms with Gasteiger partial charge in [-0.3, -0.25) is 0 Å². The Morgan fingerprint density at radius 1 is 1.21 bits per heavy atom. The number of hydrogen-bond donors (Lipinski definition) is 0. The average molecular weight is 379 g/mol. The zero-order valence-electron chi connectivity index (χ0n) is 14.1. The molecule has 0 aliphatic heterocycles. The van der Waals surface area contributed by atoms with E-state index in [2.05, 4.69) is 36.3 Å². The van der Waals surface area contributed by atoms with Crippen molar-refractivity contribution in [2.75, 3.05) is 0 Å². The third-order valence-electron chi connectivity index (χ3n) is 3.49. The van der Waals surface area contributed by atoms with E-state index in [0.717, 1.165) is 33.0 Å². The van der Waals surface area contributed by atoms with Crippen molar-refractivity contribution in [3.8, 4) is 11.4 Å². The van der Waals surface area contributed by atoms with E-state index in [4.69, 9.17) is 16.6 Å². The van der Waals surface area contributed by atoms with Gasteiger partial charge in [0.05, 0.1) is 15.7 Å². The monoisotopic (exact) mass is 378 g/mol. The third-order valence-corrected chi connectivity index (χ3v) is 6.19. The van der Waals surface area contributed by atoms with Crippen LogP contribution in [0, 0.1) is 0 Å². The second-order valence-electron chi connectivity index (χ2n) is 6.53. The Balaban J connectivity index is 1.76. The van der Waals surface area contributed by atoms with Gasteiger partial charge in [-0.05, 0) is 12.1 Å². The third kappa shape index (κ3) is 3.66. The number of hydrogen-bond acceptors (Lipinski definition) is 5. The van der Waals surface area contributed by atoms with Crippen LogP contribution >= 0.6 is 34.7 Å². The first kappa shape index (κ1) is 17.5. The van der Waals surface area contributed by atoms with Crippen molar-refractivity contribution >= 4 is 34.7 Å². The zero-order valence-corrected chi connectivity index (χ0v) is 16.5. The smallest absolute Gasteiger partial charge is 0.191 e. The van der Waals surface area contributed by atoms with E-state index in [1.54, 1.807) is 23.1 Å². The van der Waals surface area contributed by atoms with Crippen LogP contribution in [0.4, 0.5) is 0 Å². The Bertz CT molecular complexity index is 848. The summed E-state index contributed by atoms with van der Waals surface area (Å²) in [5, 5.41) is 13.4. The average Bonchev–Trinajstić information content (AvgIpc) is 3.13. The van der Waals surface area contributed by atoms with Crippen LogP contribution in [-0.2, 0) is 18.2 Å². The Kier molecular flexibility index (Phi) is 4.99. The van der Waals surface area contributed by atoms with Crippen molar-refractivity contribution in [2.45, 2.75) is 37.1 Å². The molecular weight excluding hydrogens is 360 g/mol. The van der Waals surface area contributed by atoms with E-state index in [9.17, 15) is 0 Å². The zero-order chi connectivity index (χ0) is 17.3. The number of benzene rings is 1. The largest absolute Gasteiger partial charge is 0.305 e. The quantitative estimate of drug-likeness (QED) is 0.586. The molecule has 0 unspecified atom stereocenters. The summed E-state index contributed by atoms with van der Waals surface area (Å²) >= 11 is 9.61. The lowest BCUT2D eigenvalue weighted by Gasteiger charge is -2.13. The van der Waals surface area contributed by atoms with E-state index in [-0.39, 0.29) is 5.41 Å². The fourth-order valence-electron chi connectivity index (χ4n) is 2.17. The highest BCUT2D eigenvalue weighted by Crippen LogP contribution is 2.31. The molecule has 0 aliphatic carbocycles. The number of thiazole rings is 1. The van der Waals surface area contributed by atoms with Crippen LogP contribution < -0.4 is 0 Å². The molecule has 0 atom stereocenters. The van der Waals surface area contributed by atoms with Gasteiger partial charge in [0.2, 0.25) is 0 Å². The van der Waals surface area contributed by atoms with Crippen LogP contribution in [-0.4, -0.2) is 19.7 Å². The van der Waals surface area contributed by atoms with Gasteiger partial charge in [-0.25, -0.2) is 4.98 Å². The first-order valence-corrected chi connectivity index (χ1v) is 9.82. The van der Waals surface area contributed by atoms with Crippen molar-refractivity contribution < 1.29 is 0 Å². The van der Waals surface area contributed by atoms with E-state index >= 15 is 0 Å². The predicted octanol–water partition coefficient (Wildman–Crippen LogP) is 5.18. The van der Waals surface area contributed by atoms with E-state index in [0.29, 0.717) is 5.02 Å². The molecule has 0 spiro atoms. The lowest BCUT2D eigenvalue weighted by molar-refractivity contribution is 0.584. The van der Waals surface area contributed by atoms with Crippen molar-refractivity contribution in [1.82, 2.24) is 19.7 Å². The summed E-state index contributed by atoms with van der Waals surface area (Å²) in [4.78, 5) is 4.72. The summed E-state index contributed by atoms with van der Waals surface area (Å²) in [5.74, 6) is 1.55. The van der Waals surface area contributed by atoms with Crippen LogP contribution in [0.15, 0.2) is 34.8 Å². The molecule has 126 valence electrons. The maximum atomic E-state index is 6.26. The van der Waals surface area contributed by atoms with Gasteiger partial charge in [0.15, 0.2) is 11.0 Å². The molecule has 0 aliphatic rings. The van der Waals surface area contributed by atoms with Crippen LogP contribution in [0.25, 0.3) is 11.4 Å². The Morgan fingerprint density at radius 3 is 2.62 bits per heavy atom. The highest BCUT2D eigenvalue weighted by molar-refractivity contribution is 7.98. The van der Waals surface area contributed by atoms with Gasteiger partial charge >= 0.3 is 0 Å². The maximum absolute atomic E-state index is 6.26. The number of nitrogens with zero attached hydrogens (tertiary/aromatic N) is 4. The predicted molar refractivity (Wildman–Crippen MR) is 102 cm³/mol. The Morgan fingerprint density at radius 2 is 1.96 bits per heavy atom. The second-order valence-corrected chi connectivity index (χ2v) is 8.74. The fourth-order valence-corrected chi connectivity index (χ4v) is 4.21. The van der Waals surface area contributed by atoms with Crippen molar-refractivity contribution in [1.29, 1.82) is 0 Å². The minimum Gasteiger partial charge on any atom is -0.305 e. The highest BCUT2D eigenvalue weighted by Gasteiger charge is 2.19. The van der Waals surface area contributed by atoms with Crippen molar-refractivity contribution in [3.63, 3.8) is 0 Å². The molecule has 4 nitrogen and oxygen atoms in total. The summed E-state index contributed by atoms with van der Waals surface area (Å²) in [5.41, 5.74) is 2.07. The molecule has 0 radical (unpaired) electrons. The second kappa shape index (κ2) is 6.86. The van der Waals surface area contributed by atoms with Gasteiger partial charge in [-0.2, -0.15) is 0 Å². The molecule has 0 fully saturated rings. The molecule has 24 heavy (non-hydrogen) atoms. The molecule has 0 amide bonds. The number of aromatic nitrogens is 4. The molecule has 3 rings (SSSR count). The summed E-state index contributed by atoms with van der Waals surface area (Å²) in [6, 6.07) is 7.68. The lowest BCUT2D eigenvalue weighted by atomic mass is 9.98. The Hall–Kier alpha value is -1.37. The van der Waals surface area contributed by atoms with Gasteiger partial charge < -0.3 is 4.57 Å². The van der Waals surface area contributed by atoms with Crippen LogP contribution in [0.2, 0.25) is 5.02 Å². The van der Waals surface area contributed by atoms with Crippen LogP contribution in [0.3, 0.4) is 0 Å². The van der Waals surface area contributed by atoms with E-state index in [1.165, 1.54) is 0 Å². The molecule has 0 saturated carbocycles. The van der Waals surface area contributed by atoms with Gasteiger partial charge in [-0.15, -0.1) is 21.5 Å². The maximum Gasteiger partial charge on any atom is 0.191 e. The van der Waals surface area contributed by atoms with Gasteiger partial charge in [0.25, 0.3) is 0 Å². The van der Waals surface area contributed by atoms with E-state index < -0.39 is 0 Å². The van der Waals surface area contributed by atoms with Crippen LogP contribution in [0.5, 0.6) is 0 Å². The summed E-state index contributed by atoms with van der Waals surface area (Å²) in [6.07, 6.45) is 0. The van der Waals surface area contributed by atoms with Gasteiger partial charge in [0, 0.05) is 29.2 Å². The topological polar surface area (TPSA) is 43.6 Å². The van der Waals surface area contributed by atoms with Gasteiger partial charge in [0.1, 0.15) is 0 Å². The molecule has 0 N–H and O–H groups in total.